The van der Waals surface area contributed by atoms with Gasteiger partial charge in [0.25, 0.3) is 0 Å². The molecule has 6 fully saturated rings. The fourth-order valence-electron chi connectivity index (χ4n) is 6.56. The Morgan fingerprint density at radius 3 is 1.13 bits per heavy atom. The second kappa shape index (κ2) is 18.1. The zero-order chi connectivity index (χ0) is 25.8. The summed E-state index contributed by atoms with van der Waals surface area (Å²) in [4.78, 5) is 0. The molecule has 2 saturated heterocycles. The second-order valence-corrected chi connectivity index (χ2v) is 11.4. The van der Waals surface area contributed by atoms with Crippen LogP contribution in [0.1, 0.15) is 77.0 Å². The summed E-state index contributed by atoms with van der Waals surface area (Å²) < 4.78 is 9.89. The van der Waals surface area contributed by atoms with Gasteiger partial charge < -0.3 is 9.47 Å². The molecule has 10 radical (unpaired) electrons. The monoisotopic (exact) mass is 684 g/mol. The third kappa shape index (κ3) is 9.71. The molecular weight excluding hydrogens is 637 g/mol. The van der Waals surface area contributed by atoms with Crippen molar-refractivity contribution in [2.45, 2.75) is 77.0 Å². The maximum Gasteiger partial charge on any atom is 2.00 e. The summed E-state index contributed by atoms with van der Waals surface area (Å²) in [5.74, 6) is 10.7. The Labute approximate surface area is 279 Å². The van der Waals surface area contributed by atoms with E-state index in [1.807, 2.05) is 0 Å². The van der Waals surface area contributed by atoms with Crippen molar-refractivity contribution in [3.63, 3.8) is 0 Å². The van der Waals surface area contributed by atoms with Gasteiger partial charge in [-0.15, -0.1) is 0 Å². The van der Waals surface area contributed by atoms with Crippen LogP contribution in [0.2, 0.25) is 0 Å². The van der Waals surface area contributed by atoms with Gasteiger partial charge in [0.05, 0.1) is 0 Å². The van der Waals surface area contributed by atoms with Gasteiger partial charge in [-0.1, -0.05) is 74.3 Å². The Hall–Kier alpha value is 0.399. The minimum absolute atomic E-state index is 0. The van der Waals surface area contributed by atoms with Crippen molar-refractivity contribution in [1.82, 2.24) is 0 Å². The molecule has 8 aliphatic rings. The van der Waals surface area contributed by atoms with E-state index in [1.54, 1.807) is 11.8 Å². The van der Waals surface area contributed by atoms with E-state index in [0.29, 0.717) is 0 Å². The van der Waals surface area contributed by atoms with Crippen LogP contribution in [-0.2, 0) is 9.47 Å². The minimum atomic E-state index is 0. The molecule has 0 atom stereocenters. The molecule has 214 valence electrons. The molecule has 2 heterocycles. The molecule has 2 aliphatic heterocycles. The first kappa shape index (κ1) is 32.3. The van der Waals surface area contributed by atoms with Gasteiger partial charge in [-0.3, -0.25) is 0 Å². The third-order valence-corrected chi connectivity index (χ3v) is 8.67. The van der Waals surface area contributed by atoms with Gasteiger partial charge in [-0.2, -0.15) is 0 Å². The molecule has 6 aliphatic carbocycles. The second-order valence-electron chi connectivity index (χ2n) is 11.4. The number of hydrogen-bond donors (Lipinski definition) is 0. The Kier molecular flexibility index (Phi) is 15.0. The molecule has 4 saturated carbocycles. The summed E-state index contributed by atoms with van der Waals surface area (Å²) in [5, 5.41) is 0. The largest absolute Gasteiger partial charge is 2.00 e. The SMILES string of the molecule is C1CCOC1.C1CCOC1.[CH]1[CH][C](C2CCCC2)[C]2C=CC=C[C]12.[CH]1[CH][C](C2CCCC2)[C]2C=CC=C[C]12.[Yb+2]. The molecule has 0 spiro atoms. The average Bonchev–Trinajstić information content (AvgIpc) is 3.84. The first-order valence-electron chi connectivity index (χ1n) is 15.3. The van der Waals surface area contributed by atoms with Crippen molar-refractivity contribution in [1.29, 1.82) is 0 Å². The predicted octanol–water partition coefficient (Wildman–Crippen LogP) is 8.49. The van der Waals surface area contributed by atoms with Gasteiger partial charge in [0.2, 0.25) is 0 Å². The molecule has 0 aromatic rings. The van der Waals surface area contributed by atoms with E-state index >= 15 is 0 Å². The molecule has 0 N–H and O–H groups in total. The van der Waals surface area contributed by atoms with Crippen LogP contribution in [-0.4, -0.2) is 26.4 Å². The predicted molar refractivity (Wildman–Crippen MR) is 157 cm³/mol. The van der Waals surface area contributed by atoms with E-state index in [9.17, 15) is 0 Å². The first-order valence-corrected chi connectivity index (χ1v) is 15.3. The number of ether oxygens (including phenoxy) is 2. The van der Waals surface area contributed by atoms with E-state index in [2.05, 4.69) is 74.3 Å². The quantitative estimate of drug-likeness (QED) is 0.291. The summed E-state index contributed by atoms with van der Waals surface area (Å²) in [5.41, 5.74) is 0. The van der Waals surface area contributed by atoms with Gasteiger partial charge in [0.1, 0.15) is 0 Å². The zero-order valence-corrected chi connectivity index (χ0v) is 25.2. The molecule has 8 rings (SSSR count). The van der Waals surface area contributed by atoms with Crippen LogP contribution in [0.3, 0.4) is 0 Å². The molecule has 0 aromatic carbocycles. The Balaban J connectivity index is 0.000000132. The van der Waals surface area contributed by atoms with E-state index in [1.165, 1.54) is 101 Å². The molecule has 0 aromatic heterocycles. The molecule has 3 heteroatoms. The first-order chi connectivity index (χ1) is 18.9. The van der Waals surface area contributed by atoms with Crippen LogP contribution >= 0.6 is 0 Å². The number of hydrogen-bond acceptors (Lipinski definition) is 2. The van der Waals surface area contributed by atoms with Crippen LogP contribution < -0.4 is 0 Å². The van der Waals surface area contributed by atoms with E-state index < -0.39 is 0 Å². The van der Waals surface area contributed by atoms with Gasteiger partial charge in [0.15, 0.2) is 0 Å². The van der Waals surface area contributed by atoms with Crippen molar-refractivity contribution in [3.8, 4) is 0 Å². The van der Waals surface area contributed by atoms with Gasteiger partial charge >= 0.3 is 46.9 Å². The molecule has 0 unspecified atom stereocenters. The Bertz CT molecular complexity index is 699. The summed E-state index contributed by atoms with van der Waals surface area (Å²) in [7, 11) is 0. The smallest absolute Gasteiger partial charge is 0.381 e. The van der Waals surface area contributed by atoms with E-state index in [0.717, 1.165) is 38.3 Å². The van der Waals surface area contributed by atoms with Gasteiger partial charge in [0, 0.05) is 50.1 Å². The summed E-state index contributed by atoms with van der Waals surface area (Å²) in [6.45, 7) is 4.00. The zero-order valence-electron chi connectivity index (χ0n) is 23.5. The summed E-state index contributed by atoms with van der Waals surface area (Å²) in [6.07, 6.45) is 43.1. The third-order valence-electron chi connectivity index (χ3n) is 8.67. The molecule has 2 nitrogen and oxygen atoms in total. The minimum Gasteiger partial charge on any atom is -0.381 e. The topological polar surface area (TPSA) is 18.5 Å². The average molecular weight is 684 g/mol. The molecular formula is C36H46O2Yb+2. The van der Waals surface area contributed by atoms with Crippen molar-refractivity contribution in [3.05, 3.63) is 110 Å². The van der Waals surface area contributed by atoms with Crippen LogP contribution in [0.25, 0.3) is 0 Å². The molecule has 39 heavy (non-hydrogen) atoms. The van der Waals surface area contributed by atoms with E-state index in [4.69, 9.17) is 9.47 Å². The fraction of sp³-hybridized carbons (Fsp3) is 0.500. The van der Waals surface area contributed by atoms with Crippen molar-refractivity contribution in [2.75, 3.05) is 26.4 Å². The van der Waals surface area contributed by atoms with Crippen molar-refractivity contribution >= 4 is 0 Å². The Morgan fingerprint density at radius 2 is 0.795 bits per heavy atom. The standard InChI is InChI=1S/2C14H15.2C4H8O.Yb/c2*1-2-6-11(5-1)14-10-9-12-7-3-4-8-13(12)14;2*1-2-4-5-3-1;/h2*3-4,7-11H,1-2,5-6H2;2*1-4H2;/q;;;;+2. The maximum atomic E-state index is 4.94. The van der Waals surface area contributed by atoms with Crippen molar-refractivity contribution < 1.29 is 56.4 Å². The van der Waals surface area contributed by atoms with Crippen LogP contribution in [0, 0.1) is 120 Å². The van der Waals surface area contributed by atoms with Gasteiger partial charge in [-0.25, -0.2) is 0 Å². The fourth-order valence-corrected chi connectivity index (χ4v) is 6.56. The van der Waals surface area contributed by atoms with Crippen molar-refractivity contribution in [2.24, 2.45) is 11.8 Å². The Morgan fingerprint density at radius 1 is 0.436 bits per heavy atom. The van der Waals surface area contributed by atoms with Crippen LogP contribution in [0.4, 0.5) is 0 Å². The molecule has 0 amide bonds. The summed E-state index contributed by atoms with van der Waals surface area (Å²) >= 11 is 0. The van der Waals surface area contributed by atoms with E-state index in [-0.39, 0.29) is 46.9 Å². The van der Waals surface area contributed by atoms with Crippen LogP contribution in [0.15, 0.2) is 48.6 Å². The van der Waals surface area contributed by atoms with Gasteiger partial charge in [-0.05, 0) is 101 Å². The molecule has 0 bridgehead atoms. The maximum absolute atomic E-state index is 4.94. The summed E-state index contributed by atoms with van der Waals surface area (Å²) in [6, 6.07) is 0. The number of rotatable bonds is 2. The number of fused-ring (bicyclic) bond motifs is 2. The normalized spacial score (nSPS) is 27.9. The van der Waals surface area contributed by atoms with Crippen LogP contribution in [0.5, 0.6) is 0 Å². The number of allylic oxidation sites excluding steroid dienone is 8.